The molecule has 1 aromatic rings. The van der Waals surface area contributed by atoms with Crippen molar-refractivity contribution < 1.29 is 4.79 Å². The maximum Gasteiger partial charge on any atom is 0.265 e. The molecule has 1 rings (SSSR count). The number of benzene rings is 1. The molecule has 0 aliphatic carbocycles. The largest absolute Gasteiger partial charge is 0.287 e. The first-order valence-electron chi connectivity index (χ1n) is 4.53. The summed E-state index contributed by atoms with van der Waals surface area (Å²) in [5, 5.41) is 0. The molecule has 0 spiro atoms. The molecule has 0 saturated carbocycles. The third kappa shape index (κ3) is 3.41. The zero-order valence-corrected chi connectivity index (χ0v) is 7.99. The normalized spacial score (nSPS) is 9.43. The van der Waals surface area contributed by atoms with Gasteiger partial charge in [0.15, 0.2) is 0 Å². The summed E-state index contributed by atoms with van der Waals surface area (Å²) < 4.78 is 0. The zero-order chi connectivity index (χ0) is 10.2. The van der Waals surface area contributed by atoms with Gasteiger partial charge in [-0.2, -0.15) is 0 Å². The number of amides is 1. The molecule has 0 fully saturated rings. The van der Waals surface area contributed by atoms with Crippen LogP contribution in [0.2, 0.25) is 0 Å². The molecule has 1 aromatic carbocycles. The Morgan fingerprint density at radius 2 is 2.07 bits per heavy atom. The average Bonchev–Trinajstić information content (AvgIpc) is 2.25. The van der Waals surface area contributed by atoms with E-state index in [1.807, 2.05) is 18.2 Å². The van der Waals surface area contributed by atoms with Crippen molar-refractivity contribution in [3.63, 3.8) is 0 Å². The summed E-state index contributed by atoms with van der Waals surface area (Å²) in [7, 11) is 0. The number of hydrazine groups is 1. The van der Waals surface area contributed by atoms with E-state index < -0.39 is 0 Å². The predicted molar refractivity (Wildman–Crippen MR) is 56.7 cm³/mol. The van der Waals surface area contributed by atoms with Crippen molar-refractivity contribution in [2.24, 2.45) is 0 Å². The summed E-state index contributed by atoms with van der Waals surface area (Å²) in [6.07, 6.45) is 2.62. The Morgan fingerprint density at radius 1 is 1.36 bits per heavy atom. The van der Waals surface area contributed by atoms with Crippen LogP contribution in [0.25, 0.3) is 0 Å². The van der Waals surface area contributed by atoms with Crippen molar-refractivity contribution in [2.45, 2.75) is 6.42 Å². The van der Waals surface area contributed by atoms with Gasteiger partial charge in [0.1, 0.15) is 0 Å². The molecular formula is C11H14N2O. The van der Waals surface area contributed by atoms with Gasteiger partial charge in [-0.15, -0.1) is 6.58 Å². The molecule has 0 aromatic heterocycles. The molecule has 14 heavy (non-hydrogen) atoms. The van der Waals surface area contributed by atoms with Crippen LogP contribution in [-0.4, -0.2) is 12.5 Å². The fourth-order valence-electron chi connectivity index (χ4n) is 0.979. The van der Waals surface area contributed by atoms with Gasteiger partial charge in [0.25, 0.3) is 5.91 Å². The van der Waals surface area contributed by atoms with E-state index in [0.29, 0.717) is 12.1 Å². The molecule has 0 radical (unpaired) electrons. The van der Waals surface area contributed by atoms with Crippen molar-refractivity contribution in [2.75, 3.05) is 6.54 Å². The summed E-state index contributed by atoms with van der Waals surface area (Å²) in [4.78, 5) is 11.4. The van der Waals surface area contributed by atoms with Crippen LogP contribution in [0.5, 0.6) is 0 Å². The van der Waals surface area contributed by atoms with Gasteiger partial charge in [-0.1, -0.05) is 24.3 Å². The Kier molecular flexibility index (Phi) is 4.44. The van der Waals surface area contributed by atoms with E-state index in [4.69, 9.17) is 0 Å². The second kappa shape index (κ2) is 5.94. The van der Waals surface area contributed by atoms with Crippen molar-refractivity contribution in [3.05, 3.63) is 48.6 Å². The van der Waals surface area contributed by atoms with E-state index in [0.717, 1.165) is 6.42 Å². The number of hydrogen-bond acceptors (Lipinski definition) is 2. The van der Waals surface area contributed by atoms with Crippen molar-refractivity contribution in [1.82, 2.24) is 10.9 Å². The highest BCUT2D eigenvalue weighted by atomic mass is 16.2. The quantitative estimate of drug-likeness (QED) is 0.419. The fraction of sp³-hybridized carbons (Fsp3) is 0.182. The first-order valence-corrected chi connectivity index (χ1v) is 4.53. The Bertz CT molecular complexity index is 295. The third-order valence-corrected chi connectivity index (χ3v) is 1.71. The predicted octanol–water partition coefficient (Wildman–Crippen LogP) is 1.50. The topological polar surface area (TPSA) is 41.1 Å². The van der Waals surface area contributed by atoms with Gasteiger partial charge in [-0.25, -0.2) is 5.43 Å². The van der Waals surface area contributed by atoms with E-state index in [2.05, 4.69) is 17.4 Å². The van der Waals surface area contributed by atoms with Crippen LogP contribution in [-0.2, 0) is 0 Å². The lowest BCUT2D eigenvalue weighted by atomic mass is 10.2. The lowest BCUT2D eigenvalue weighted by Crippen LogP contribution is -2.37. The monoisotopic (exact) mass is 190 g/mol. The van der Waals surface area contributed by atoms with Gasteiger partial charge in [0.2, 0.25) is 0 Å². The molecule has 0 aliphatic heterocycles. The van der Waals surface area contributed by atoms with Crippen LogP contribution in [0.1, 0.15) is 16.8 Å². The minimum absolute atomic E-state index is 0.116. The van der Waals surface area contributed by atoms with Crippen LogP contribution in [0.3, 0.4) is 0 Å². The van der Waals surface area contributed by atoms with E-state index in [-0.39, 0.29) is 5.91 Å². The second-order valence-corrected chi connectivity index (χ2v) is 2.82. The van der Waals surface area contributed by atoms with E-state index in [9.17, 15) is 4.79 Å². The Labute approximate surface area is 83.8 Å². The van der Waals surface area contributed by atoms with Gasteiger partial charge in [-0.3, -0.25) is 10.2 Å². The summed E-state index contributed by atoms with van der Waals surface area (Å²) in [5.41, 5.74) is 6.06. The highest BCUT2D eigenvalue weighted by molar-refractivity contribution is 5.93. The Morgan fingerprint density at radius 3 is 2.71 bits per heavy atom. The van der Waals surface area contributed by atoms with Crippen LogP contribution in [0, 0.1) is 0 Å². The van der Waals surface area contributed by atoms with E-state index in [1.54, 1.807) is 18.2 Å². The summed E-state index contributed by atoms with van der Waals surface area (Å²) in [5.74, 6) is -0.116. The fourth-order valence-corrected chi connectivity index (χ4v) is 0.979. The molecule has 0 unspecified atom stereocenters. The minimum atomic E-state index is -0.116. The van der Waals surface area contributed by atoms with Crippen LogP contribution in [0.4, 0.5) is 0 Å². The Hall–Kier alpha value is -1.61. The number of hydrogen-bond donors (Lipinski definition) is 2. The first kappa shape index (κ1) is 10.5. The molecular weight excluding hydrogens is 176 g/mol. The molecule has 3 nitrogen and oxygen atoms in total. The number of carbonyl (C=O) groups is 1. The molecule has 0 bridgehead atoms. The summed E-state index contributed by atoms with van der Waals surface area (Å²) in [6, 6.07) is 9.08. The standard InChI is InChI=1S/C11H14N2O/c1-2-3-9-12-13-11(14)10-7-5-4-6-8-10/h2,4-8,12H,1,3,9H2,(H,13,14). The molecule has 3 heteroatoms. The molecule has 0 aliphatic rings. The maximum absolute atomic E-state index is 11.4. The van der Waals surface area contributed by atoms with Crippen LogP contribution >= 0.6 is 0 Å². The van der Waals surface area contributed by atoms with Crippen LogP contribution in [0.15, 0.2) is 43.0 Å². The lowest BCUT2D eigenvalue weighted by molar-refractivity contribution is 0.0933. The third-order valence-electron chi connectivity index (χ3n) is 1.71. The second-order valence-electron chi connectivity index (χ2n) is 2.82. The van der Waals surface area contributed by atoms with Gasteiger partial charge >= 0.3 is 0 Å². The van der Waals surface area contributed by atoms with E-state index in [1.165, 1.54) is 0 Å². The minimum Gasteiger partial charge on any atom is -0.287 e. The smallest absolute Gasteiger partial charge is 0.265 e. The summed E-state index contributed by atoms with van der Waals surface area (Å²) >= 11 is 0. The maximum atomic E-state index is 11.4. The molecule has 1 amide bonds. The number of rotatable bonds is 5. The highest BCUT2D eigenvalue weighted by Crippen LogP contribution is 1.96. The lowest BCUT2D eigenvalue weighted by Gasteiger charge is -2.05. The van der Waals surface area contributed by atoms with Gasteiger partial charge < -0.3 is 0 Å². The molecule has 2 N–H and O–H groups in total. The molecule has 0 saturated heterocycles. The van der Waals surface area contributed by atoms with Gasteiger partial charge in [0.05, 0.1) is 0 Å². The SMILES string of the molecule is C=CCCNNC(=O)c1ccccc1. The molecule has 0 atom stereocenters. The van der Waals surface area contributed by atoms with Crippen molar-refractivity contribution in [3.8, 4) is 0 Å². The average molecular weight is 190 g/mol. The van der Waals surface area contributed by atoms with Crippen molar-refractivity contribution >= 4 is 5.91 Å². The summed E-state index contributed by atoms with van der Waals surface area (Å²) in [6.45, 7) is 4.28. The number of carbonyl (C=O) groups excluding carboxylic acids is 1. The number of nitrogens with one attached hydrogen (secondary N) is 2. The van der Waals surface area contributed by atoms with Gasteiger partial charge in [-0.05, 0) is 18.6 Å². The molecule has 74 valence electrons. The van der Waals surface area contributed by atoms with Gasteiger partial charge in [0, 0.05) is 12.1 Å². The van der Waals surface area contributed by atoms with Crippen LogP contribution < -0.4 is 10.9 Å². The highest BCUT2D eigenvalue weighted by Gasteiger charge is 2.01. The zero-order valence-electron chi connectivity index (χ0n) is 7.99. The van der Waals surface area contributed by atoms with E-state index >= 15 is 0 Å². The molecule has 0 heterocycles. The Balaban J connectivity index is 2.32. The first-order chi connectivity index (χ1) is 6.84. The van der Waals surface area contributed by atoms with Crippen molar-refractivity contribution in [1.29, 1.82) is 0 Å².